The summed E-state index contributed by atoms with van der Waals surface area (Å²) in [5.41, 5.74) is 0.641. The molecule has 1 heterocycles. The molecule has 10 nitrogen and oxygen atoms in total. The highest BCUT2D eigenvalue weighted by Gasteiger charge is 2.21. The molecule has 1 aromatic carbocycles. The van der Waals surface area contributed by atoms with E-state index in [1.807, 2.05) is 6.92 Å². The van der Waals surface area contributed by atoms with Crippen molar-refractivity contribution < 1.29 is 33.1 Å². The van der Waals surface area contributed by atoms with Gasteiger partial charge < -0.3 is 19.6 Å². The van der Waals surface area contributed by atoms with E-state index < -0.39 is 19.2 Å². The predicted molar refractivity (Wildman–Crippen MR) is 127 cm³/mol. The van der Waals surface area contributed by atoms with Gasteiger partial charge in [0.15, 0.2) is 5.76 Å². The van der Waals surface area contributed by atoms with Gasteiger partial charge in [0.25, 0.3) is 5.91 Å². The van der Waals surface area contributed by atoms with Gasteiger partial charge in [0.1, 0.15) is 5.76 Å². The Bertz CT molecular complexity index is 1020. The van der Waals surface area contributed by atoms with Gasteiger partial charge >= 0.3 is 0 Å². The third kappa shape index (κ3) is 7.83. The summed E-state index contributed by atoms with van der Waals surface area (Å²) in [6.07, 6.45) is 3.44. The van der Waals surface area contributed by atoms with Crippen molar-refractivity contribution in [2.24, 2.45) is 5.92 Å². The SMILES string of the molecule is CCCCC[C@H](CN(O)C=O)C(=O)NCNC(=O)c1ccc(-c2cccc(P(C)(=O)OC)c2)o1. The number of carbonyl (C=O) groups excluding carboxylic acids is 3. The van der Waals surface area contributed by atoms with Crippen LogP contribution in [0.1, 0.15) is 43.2 Å². The highest BCUT2D eigenvalue weighted by molar-refractivity contribution is 7.66. The Kier molecular flexibility index (Phi) is 10.5. The number of unbranched alkanes of at least 4 members (excludes halogenated alkanes) is 2. The molecule has 0 bridgehead atoms. The fourth-order valence-electron chi connectivity index (χ4n) is 3.29. The number of nitrogens with one attached hydrogen (secondary N) is 2. The maximum Gasteiger partial charge on any atom is 0.288 e. The molecule has 186 valence electrons. The fraction of sp³-hybridized carbons (Fsp3) is 0.435. The number of hydroxylamine groups is 2. The summed E-state index contributed by atoms with van der Waals surface area (Å²) < 4.78 is 23.2. The van der Waals surface area contributed by atoms with E-state index in [9.17, 15) is 24.2 Å². The Morgan fingerprint density at radius 1 is 1.24 bits per heavy atom. The summed E-state index contributed by atoms with van der Waals surface area (Å²) in [5.74, 6) is -1.04. The maximum atomic E-state index is 12.5. The molecule has 2 atom stereocenters. The molecule has 0 aliphatic heterocycles. The molecular formula is C23H32N3O7P. The van der Waals surface area contributed by atoms with Crippen molar-refractivity contribution in [3.05, 3.63) is 42.2 Å². The molecule has 0 radical (unpaired) electrons. The van der Waals surface area contributed by atoms with Gasteiger partial charge in [-0.15, -0.1) is 0 Å². The van der Waals surface area contributed by atoms with Crippen LogP contribution in [0.3, 0.4) is 0 Å². The summed E-state index contributed by atoms with van der Waals surface area (Å²) in [4.78, 5) is 35.6. The lowest BCUT2D eigenvalue weighted by Crippen LogP contribution is -2.42. The second kappa shape index (κ2) is 13.1. The molecule has 1 aromatic heterocycles. The van der Waals surface area contributed by atoms with Crippen molar-refractivity contribution in [3.63, 3.8) is 0 Å². The molecule has 0 saturated carbocycles. The molecule has 34 heavy (non-hydrogen) atoms. The number of furan rings is 1. The maximum absolute atomic E-state index is 12.5. The van der Waals surface area contributed by atoms with Crippen molar-refractivity contribution in [2.45, 2.75) is 32.6 Å². The summed E-state index contributed by atoms with van der Waals surface area (Å²) in [6.45, 7) is 3.29. The van der Waals surface area contributed by atoms with E-state index in [0.29, 0.717) is 28.1 Å². The van der Waals surface area contributed by atoms with Gasteiger partial charge in [0, 0.05) is 24.6 Å². The Morgan fingerprint density at radius 3 is 2.68 bits per heavy atom. The highest BCUT2D eigenvalue weighted by Crippen LogP contribution is 2.40. The average molecular weight is 493 g/mol. The van der Waals surface area contributed by atoms with Crippen LogP contribution in [0.2, 0.25) is 0 Å². The largest absolute Gasteiger partial charge is 0.451 e. The van der Waals surface area contributed by atoms with E-state index in [-0.39, 0.29) is 31.3 Å². The van der Waals surface area contributed by atoms with Crippen molar-refractivity contribution in [1.29, 1.82) is 0 Å². The number of carbonyl (C=O) groups is 3. The molecule has 0 aliphatic carbocycles. The second-order valence-electron chi connectivity index (χ2n) is 7.89. The van der Waals surface area contributed by atoms with Crippen LogP contribution in [0.25, 0.3) is 11.3 Å². The van der Waals surface area contributed by atoms with E-state index in [4.69, 9.17) is 8.94 Å². The van der Waals surface area contributed by atoms with Crippen LogP contribution >= 0.6 is 7.37 Å². The Hall–Kier alpha value is -2.94. The first kappa shape index (κ1) is 27.3. The van der Waals surface area contributed by atoms with E-state index in [1.54, 1.807) is 30.3 Å². The van der Waals surface area contributed by atoms with Crippen molar-refractivity contribution >= 4 is 30.9 Å². The first-order valence-electron chi connectivity index (χ1n) is 11.0. The van der Waals surface area contributed by atoms with Gasteiger partial charge in [-0.3, -0.25) is 24.2 Å². The van der Waals surface area contributed by atoms with Crippen LogP contribution in [0.15, 0.2) is 40.8 Å². The number of hydrogen-bond acceptors (Lipinski definition) is 7. The summed E-state index contributed by atoms with van der Waals surface area (Å²) >= 11 is 0. The average Bonchev–Trinajstić information content (AvgIpc) is 3.34. The van der Waals surface area contributed by atoms with Gasteiger partial charge in [-0.2, -0.15) is 0 Å². The molecule has 0 aliphatic rings. The zero-order valence-corrected chi connectivity index (χ0v) is 20.5. The smallest absolute Gasteiger partial charge is 0.288 e. The van der Waals surface area contributed by atoms with Crippen molar-refractivity contribution in [3.8, 4) is 11.3 Å². The number of hydrogen-bond donors (Lipinski definition) is 3. The molecule has 0 saturated heterocycles. The van der Waals surface area contributed by atoms with E-state index in [2.05, 4.69) is 10.6 Å². The minimum Gasteiger partial charge on any atom is -0.451 e. The van der Waals surface area contributed by atoms with Gasteiger partial charge in [0.05, 0.1) is 19.1 Å². The molecule has 3 N–H and O–H groups in total. The number of benzene rings is 1. The van der Waals surface area contributed by atoms with E-state index in [1.165, 1.54) is 19.8 Å². The monoisotopic (exact) mass is 493 g/mol. The third-order valence-corrected chi connectivity index (χ3v) is 7.26. The molecule has 2 rings (SSSR count). The zero-order valence-electron chi connectivity index (χ0n) is 19.7. The first-order chi connectivity index (χ1) is 16.2. The number of rotatable bonds is 14. The molecule has 0 fully saturated rings. The molecular weight excluding hydrogens is 461 g/mol. The van der Waals surface area contributed by atoms with Crippen molar-refractivity contribution in [2.75, 3.05) is 27.0 Å². The number of amides is 3. The van der Waals surface area contributed by atoms with Crippen LogP contribution in [0.4, 0.5) is 0 Å². The normalized spacial score (nSPS) is 13.5. The van der Waals surface area contributed by atoms with Crippen LogP contribution in [0.5, 0.6) is 0 Å². The second-order valence-corrected chi connectivity index (χ2v) is 10.5. The Morgan fingerprint density at radius 2 is 2.00 bits per heavy atom. The molecule has 0 spiro atoms. The van der Waals surface area contributed by atoms with E-state index >= 15 is 0 Å². The highest BCUT2D eigenvalue weighted by atomic mass is 31.2. The third-order valence-electron chi connectivity index (χ3n) is 5.35. The summed E-state index contributed by atoms with van der Waals surface area (Å²) in [5, 5.41) is 15.6. The number of nitrogens with zero attached hydrogens (tertiary/aromatic N) is 1. The van der Waals surface area contributed by atoms with Crippen LogP contribution in [-0.2, 0) is 18.7 Å². The lowest BCUT2D eigenvalue weighted by Gasteiger charge is -2.19. The minimum absolute atomic E-state index is 0.0445. The lowest BCUT2D eigenvalue weighted by atomic mass is 10.0. The quantitative estimate of drug-likeness (QED) is 0.0918. The summed E-state index contributed by atoms with van der Waals surface area (Å²) in [6, 6.07) is 10.0. The Balaban J connectivity index is 1.96. The topological polar surface area (TPSA) is 138 Å². The molecule has 2 aromatic rings. The van der Waals surface area contributed by atoms with Crippen LogP contribution in [-0.4, -0.2) is 55.5 Å². The first-order valence-corrected chi connectivity index (χ1v) is 13.1. The van der Waals surface area contributed by atoms with Crippen LogP contribution < -0.4 is 15.9 Å². The molecule has 11 heteroatoms. The molecule has 3 amide bonds. The van der Waals surface area contributed by atoms with Gasteiger partial charge in [-0.25, -0.2) is 5.06 Å². The van der Waals surface area contributed by atoms with Gasteiger partial charge in [0.2, 0.25) is 19.7 Å². The van der Waals surface area contributed by atoms with Gasteiger partial charge in [-0.05, 0) is 30.7 Å². The van der Waals surface area contributed by atoms with Crippen molar-refractivity contribution in [1.82, 2.24) is 15.7 Å². The van der Waals surface area contributed by atoms with Gasteiger partial charge in [-0.1, -0.05) is 38.3 Å². The predicted octanol–water partition coefficient (Wildman–Crippen LogP) is 2.97. The minimum atomic E-state index is -2.94. The van der Waals surface area contributed by atoms with Crippen LogP contribution in [0, 0.1) is 5.92 Å². The standard InChI is InChI=1S/C23H32N3O7P/c1-4-5-6-8-18(14-26(30)16-27)22(28)24-15-25-23(29)21-12-11-20(33-21)17-9-7-10-19(13-17)34(3,31)32-2/h7,9-13,16,18,30H,4-6,8,14-15H2,1-3H3,(H,24,28)(H,25,29)/t18-,34?/m1/s1. The van der Waals surface area contributed by atoms with E-state index in [0.717, 1.165) is 19.3 Å². The zero-order chi connectivity index (χ0) is 25.1. The molecule has 1 unspecified atom stereocenters. The fourth-order valence-corrected chi connectivity index (χ4v) is 4.23. The summed E-state index contributed by atoms with van der Waals surface area (Å²) in [7, 11) is -1.55. The lowest BCUT2D eigenvalue weighted by molar-refractivity contribution is -0.154. The Labute approximate surface area is 199 Å².